The van der Waals surface area contributed by atoms with Crippen molar-refractivity contribution in [3.63, 3.8) is 0 Å². The lowest BCUT2D eigenvalue weighted by atomic mass is 10.1. The summed E-state index contributed by atoms with van der Waals surface area (Å²) in [5.74, 6) is 0.620. The Hall–Kier alpha value is -2.44. The third kappa shape index (κ3) is 2.72. The van der Waals surface area contributed by atoms with E-state index >= 15 is 0 Å². The molecule has 21 heavy (non-hydrogen) atoms. The predicted molar refractivity (Wildman–Crippen MR) is 81.3 cm³/mol. The fraction of sp³-hybridized carbons (Fsp3) is 0. The molecular formula is C15H12N2O3S. The van der Waals surface area contributed by atoms with Gasteiger partial charge in [-0.2, -0.15) is 0 Å². The van der Waals surface area contributed by atoms with Crippen molar-refractivity contribution in [1.82, 2.24) is 0 Å². The van der Waals surface area contributed by atoms with E-state index in [0.717, 1.165) is 0 Å². The standard InChI is InChI=1S/C15H12N2O3S/c16-21(18,19)15-8-2-5-12-13(15)6-1-7-14(12)17-10-11-4-3-9-20-11/h1-10H,(H2,16,18,19). The lowest BCUT2D eigenvalue weighted by molar-refractivity contribution is 0.560. The Labute approximate surface area is 121 Å². The van der Waals surface area contributed by atoms with Crippen LogP contribution in [0.1, 0.15) is 5.76 Å². The molecule has 0 spiro atoms. The quantitative estimate of drug-likeness (QED) is 0.755. The van der Waals surface area contributed by atoms with Crippen LogP contribution in [0.3, 0.4) is 0 Å². The number of hydrogen-bond acceptors (Lipinski definition) is 4. The van der Waals surface area contributed by atoms with Gasteiger partial charge in [0, 0.05) is 10.8 Å². The molecule has 0 fully saturated rings. The van der Waals surface area contributed by atoms with Gasteiger partial charge in [0.2, 0.25) is 10.0 Å². The third-order valence-corrected chi connectivity index (χ3v) is 4.01. The fourth-order valence-electron chi connectivity index (χ4n) is 2.12. The van der Waals surface area contributed by atoms with E-state index in [1.54, 1.807) is 54.9 Å². The number of sulfonamides is 1. The van der Waals surface area contributed by atoms with Crippen molar-refractivity contribution in [2.24, 2.45) is 10.1 Å². The molecule has 0 atom stereocenters. The van der Waals surface area contributed by atoms with Crippen molar-refractivity contribution in [2.45, 2.75) is 4.90 Å². The molecule has 2 aromatic carbocycles. The van der Waals surface area contributed by atoms with Crippen LogP contribution in [0, 0.1) is 0 Å². The van der Waals surface area contributed by atoms with Crippen LogP contribution >= 0.6 is 0 Å². The molecule has 3 aromatic rings. The third-order valence-electron chi connectivity index (χ3n) is 3.04. The average molecular weight is 300 g/mol. The highest BCUT2D eigenvalue weighted by Gasteiger charge is 2.13. The zero-order valence-corrected chi connectivity index (χ0v) is 11.7. The predicted octanol–water partition coefficient (Wildman–Crippen LogP) is 2.83. The van der Waals surface area contributed by atoms with Gasteiger partial charge < -0.3 is 4.42 Å². The normalized spacial score (nSPS) is 12.2. The highest BCUT2D eigenvalue weighted by molar-refractivity contribution is 7.89. The Morgan fingerprint density at radius 2 is 1.76 bits per heavy atom. The van der Waals surface area contributed by atoms with Gasteiger partial charge in [-0.25, -0.2) is 13.6 Å². The van der Waals surface area contributed by atoms with E-state index in [-0.39, 0.29) is 4.90 Å². The van der Waals surface area contributed by atoms with E-state index < -0.39 is 10.0 Å². The molecule has 106 valence electrons. The molecule has 0 aliphatic carbocycles. The number of benzene rings is 2. The second kappa shape index (κ2) is 5.16. The summed E-state index contributed by atoms with van der Waals surface area (Å²) < 4.78 is 28.4. The summed E-state index contributed by atoms with van der Waals surface area (Å²) in [6.45, 7) is 0. The highest BCUT2D eigenvalue weighted by atomic mass is 32.2. The van der Waals surface area contributed by atoms with Gasteiger partial charge in [0.05, 0.1) is 23.1 Å². The van der Waals surface area contributed by atoms with Crippen LogP contribution in [0.15, 0.2) is 69.1 Å². The molecule has 0 radical (unpaired) electrons. The van der Waals surface area contributed by atoms with E-state index in [1.165, 1.54) is 6.07 Å². The van der Waals surface area contributed by atoms with Crippen LogP contribution < -0.4 is 5.14 Å². The molecule has 2 N–H and O–H groups in total. The number of furan rings is 1. The average Bonchev–Trinajstić information content (AvgIpc) is 2.96. The van der Waals surface area contributed by atoms with Gasteiger partial charge in [0.1, 0.15) is 5.76 Å². The largest absolute Gasteiger partial charge is 0.463 e. The van der Waals surface area contributed by atoms with Gasteiger partial charge in [-0.3, -0.25) is 4.99 Å². The molecule has 0 unspecified atom stereocenters. The Kier molecular flexibility index (Phi) is 3.32. The molecule has 0 aliphatic heterocycles. The number of rotatable bonds is 3. The van der Waals surface area contributed by atoms with E-state index in [2.05, 4.69) is 4.99 Å². The highest BCUT2D eigenvalue weighted by Crippen LogP contribution is 2.29. The number of nitrogens with zero attached hydrogens (tertiary/aromatic N) is 1. The number of aliphatic imine (C=N–C) groups is 1. The maximum absolute atomic E-state index is 11.6. The minimum Gasteiger partial charge on any atom is -0.463 e. The first-order valence-corrected chi connectivity index (χ1v) is 7.72. The van der Waals surface area contributed by atoms with Crippen molar-refractivity contribution in [3.8, 4) is 0 Å². The van der Waals surface area contributed by atoms with Gasteiger partial charge in [0.15, 0.2) is 0 Å². The molecule has 0 amide bonds. The summed E-state index contributed by atoms with van der Waals surface area (Å²) in [5, 5.41) is 6.51. The van der Waals surface area contributed by atoms with Crippen LogP contribution in [-0.4, -0.2) is 14.6 Å². The Balaban J connectivity index is 2.17. The Morgan fingerprint density at radius 3 is 2.48 bits per heavy atom. The number of hydrogen-bond donors (Lipinski definition) is 1. The van der Waals surface area contributed by atoms with Crippen LogP contribution in [0.2, 0.25) is 0 Å². The van der Waals surface area contributed by atoms with Gasteiger partial charge in [-0.1, -0.05) is 24.3 Å². The minimum absolute atomic E-state index is 0.0926. The van der Waals surface area contributed by atoms with Crippen molar-refractivity contribution >= 4 is 32.7 Å². The smallest absolute Gasteiger partial charge is 0.238 e. The van der Waals surface area contributed by atoms with E-state index in [9.17, 15) is 8.42 Å². The first-order chi connectivity index (χ1) is 10.1. The van der Waals surface area contributed by atoms with Crippen molar-refractivity contribution in [2.75, 3.05) is 0 Å². The first-order valence-electron chi connectivity index (χ1n) is 6.18. The van der Waals surface area contributed by atoms with Gasteiger partial charge in [0.25, 0.3) is 0 Å². The van der Waals surface area contributed by atoms with Crippen LogP contribution in [0.4, 0.5) is 5.69 Å². The molecular weight excluding hydrogens is 288 g/mol. The molecule has 0 bridgehead atoms. The summed E-state index contributed by atoms with van der Waals surface area (Å²) in [4.78, 5) is 4.44. The van der Waals surface area contributed by atoms with Crippen molar-refractivity contribution in [3.05, 3.63) is 60.6 Å². The maximum Gasteiger partial charge on any atom is 0.238 e. The summed E-state index contributed by atoms with van der Waals surface area (Å²) in [5.41, 5.74) is 0.648. The summed E-state index contributed by atoms with van der Waals surface area (Å²) in [6.07, 6.45) is 3.14. The molecule has 0 aliphatic rings. The van der Waals surface area contributed by atoms with Crippen molar-refractivity contribution < 1.29 is 12.8 Å². The lowest BCUT2D eigenvalue weighted by Gasteiger charge is -2.06. The molecule has 0 saturated heterocycles. The van der Waals surface area contributed by atoms with Crippen LogP contribution in [-0.2, 0) is 10.0 Å². The SMILES string of the molecule is NS(=O)(=O)c1cccc2c(N=Cc3ccco3)cccc12. The van der Waals surface area contributed by atoms with Crippen LogP contribution in [0.25, 0.3) is 10.8 Å². The first kappa shape index (κ1) is 13.5. The number of nitrogens with two attached hydrogens (primary N) is 1. The van der Waals surface area contributed by atoms with Gasteiger partial charge >= 0.3 is 0 Å². The zero-order valence-electron chi connectivity index (χ0n) is 10.9. The molecule has 1 aromatic heterocycles. The summed E-state index contributed by atoms with van der Waals surface area (Å²) >= 11 is 0. The van der Waals surface area contributed by atoms with E-state index in [0.29, 0.717) is 22.2 Å². The number of fused-ring (bicyclic) bond motifs is 1. The molecule has 0 saturated carbocycles. The molecule has 5 nitrogen and oxygen atoms in total. The monoisotopic (exact) mass is 300 g/mol. The van der Waals surface area contributed by atoms with E-state index in [4.69, 9.17) is 9.56 Å². The molecule has 1 heterocycles. The van der Waals surface area contributed by atoms with Crippen molar-refractivity contribution in [1.29, 1.82) is 0 Å². The van der Waals surface area contributed by atoms with Gasteiger partial charge in [-0.05, 0) is 24.3 Å². The van der Waals surface area contributed by atoms with Crippen LogP contribution in [0.5, 0.6) is 0 Å². The summed E-state index contributed by atoms with van der Waals surface area (Å²) in [7, 11) is -3.77. The lowest BCUT2D eigenvalue weighted by Crippen LogP contribution is -2.12. The topological polar surface area (TPSA) is 85.7 Å². The Bertz CT molecular complexity index is 913. The fourth-order valence-corrected chi connectivity index (χ4v) is 2.88. The second-order valence-corrected chi connectivity index (χ2v) is 5.98. The minimum atomic E-state index is -3.77. The number of primary sulfonamides is 1. The second-order valence-electron chi connectivity index (χ2n) is 4.45. The zero-order chi connectivity index (χ0) is 14.9. The molecule has 6 heteroatoms. The van der Waals surface area contributed by atoms with Gasteiger partial charge in [-0.15, -0.1) is 0 Å². The Morgan fingerprint density at radius 1 is 1.00 bits per heavy atom. The molecule has 3 rings (SSSR count). The maximum atomic E-state index is 11.6. The summed E-state index contributed by atoms with van der Waals surface area (Å²) in [6, 6.07) is 13.7. The van der Waals surface area contributed by atoms with E-state index in [1.807, 2.05) is 0 Å².